The third kappa shape index (κ3) is 1.43. The quantitative estimate of drug-likeness (QED) is 0.766. The summed E-state index contributed by atoms with van der Waals surface area (Å²) in [5, 5.41) is 5.67. The first-order chi connectivity index (χ1) is 7.11. The van der Waals surface area contributed by atoms with Crippen molar-refractivity contribution in [2.24, 2.45) is 7.05 Å². The van der Waals surface area contributed by atoms with Gasteiger partial charge >= 0.3 is 5.69 Å². The Morgan fingerprint density at radius 1 is 1.33 bits per heavy atom. The van der Waals surface area contributed by atoms with Crippen LogP contribution in [0.15, 0.2) is 23.0 Å². The van der Waals surface area contributed by atoms with Crippen molar-refractivity contribution < 1.29 is 8.78 Å². The number of hydrogen-bond donors (Lipinski definition) is 1. The van der Waals surface area contributed by atoms with Gasteiger partial charge in [-0.25, -0.2) is 18.7 Å². The summed E-state index contributed by atoms with van der Waals surface area (Å²) in [6, 6.07) is 3.47. The molecule has 0 unspecified atom stereocenters. The van der Waals surface area contributed by atoms with Crippen LogP contribution in [-0.2, 0) is 7.05 Å². The van der Waals surface area contributed by atoms with Gasteiger partial charge in [-0.2, -0.15) is 5.10 Å². The van der Waals surface area contributed by atoms with Gasteiger partial charge in [0.05, 0.1) is 5.56 Å². The number of aromatic amines is 1. The summed E-state index contributed by atoms with van der Waals surface area (Å²) in [6.07, 6.45) is 0. The monoisotopic (exact) mass is 211 g/mol. The molecule has 0 aliphatic rings. The van der Waals surface area contributed by atoms with Crippen LogP contribution in [0.5, 0.6) is 0 Å². The Labute approximate surface area is 83.2 Å². The highest BCUT2D eigenvalue weighted by molar-refractivity contribution is 5.56. The highest BCUT2D eigenvalue weighted by atomic mass is 19.1. The minimum Gasteiger partial charge on any atom is -0.278 e. The highest BCUT2D eigenvalue weighted by Crippen LogP contribution is 2.22. The maximum Gasteiger partial charge on any atom is 0.343 e. The van der Waals surface area contributed by atoms with Gasteiger partial charge in [0.1, 0.15) is 11.6 Å². The largest absolute Gasteiger partial charge is 0.343 e. The Hall–Kier alpha value is -1.98. The molecule has 0 saturated heterocycles. The van der Waals surface area contributed by atoms with Crippen molar-refractivity contribution in [3.63, 3.8) is 0 Å². The van der Waals surface area contributed by atoms with Gasteiger partial charge in [0.15, 0.2) is 5.82 Å². The first-order valence-electron chi connectivity index (χ1n) is 4.17. The standard InChI is InChI=1S/C9H7F2N3O/c1-14-8(12-13-9(14)15)7-5(10)3-2-4-6(7)11/h2-4H,1H3,(H,13,15). The van der Waals surface area contributed by atoms with E-state index in [-0.39, 0.29) is 11.4 Å². The average Bonchev–Trinajstić information content (AvgIpc) is 2.49. The van der Waals surface area contributed by atoms with Gasteiger partial charge in [-0.1, -0.05) is 6.07 Å². The molecule has 78 valence electrons. The molecular weight excluding hydrogens is 204 g/mol. The van der Waals surface area contributed by atoms with Crippen molar-refractivity contribution in [1.29, 1.82) is 0 Å². The fourth-order valence-corrected chi connectivity index (χ4v) is 1.28. The van der Waals surface area contributed by atoms with Crippen LogP contribution in [0.2, 0.25) is 0 Å². The predicted octanol–water partition coefficient (Wildman–Crippen LogP) is 1.05. The number of halogens is 2. The number of rotatable bonds is 1. The smallest absolute Gasteiger partial charge is 0.278 e. The minimum atomic E-state index is -0.753. The molecule has 0 amide bonds. The van der Waals surface area contributed by atoms with Crippen LogP contribution in [0.1, 0.15) is 0 Å². The van der Waals surface area contributed by atoms with Crippen molar-refractivity contribution in [3.05, 3.63) is 40.3 Å². The molecule has 6 heteroatoms. The van der Waals surface area contributed by atoms with E-state index in [1.807, 2.05) is 0 Å². The lowest BCUT2D eigenvalue weighted by atomic mass is 10.2. The van der Waals surface area contributed by atoms with Crippen LogP contribution in [0.4, 0.5) is 8.78 Å². The van der Waals surface area contributed by atoms with Gasteiger partial charge in [0, 0.05) is 7.05 Å². The Morgan fingerprint density at radius 3 is 2.40 bits per heavy atom. The molecule has 0 fully saturated rings. The fourth-order valence-electron chi connectivity index (χ4n) is 1.28. The Kier molecular flexibility index (Phi) is 2.11. The SMILES string of the molecule is Cn1c(-c2c(F)cccc2F)n[nH]c1=O. The molecule has 4 nitrogen and oxygen atoms in total. The lowest BCUT2D eigenvalue weighted by Crippen LogP contribution is -2.13. The maximum atomic E-state index is 13.3. The zero-order valence-electron chi connectivity index (χ0n) is 7.79. The van der Waals surface area contributed by atoms with Crippen molar-refractivity contribution in [2.45, 2.75) is 0 Å². The molecule has 1 N–H and O–H groups in total. The third-order valence-corrected chi connectivity index (χ3v) is 2.07. The summed E-state index contributed by atoms with van der Waals surface area (Å²) in [5.74, 6) is -1.56. The van der Waals surface area contributed by atoms with E-state index in [4.69, 9.17) is 0 Å². The van der Waals surface area contributed by atoms with Crippen LogP contribution < -0.4 is 5.69 Å². The molecule has 0 aliphatic carbocycles. The second-order valence-corrected chi connectivity index (χ2v) is 3.01. The number of H-pyrrole nitrogens is 1. The fraction of sp³-hybridized carbons (Fsp3) is 0.111. The van der Waals surface area contributed by atoms with Gasteiger partial charge in [-0.05, 0) is 12.1 Å². The predicted molar refractivity (Wildman–Crippen MR) is 49.2 cm³/mol. The second-order valence-electron chi connectivity index (χ2n) is 3.01. The van der Waals surface area contributed by atoms with Crippen molar-refractivity contribution in [1.82, 2.24) is 14.8 Å². The molecule has 1 heterocycles. The van der Waals surface area contributed by atoms with Crippen LogP contribution in [0.25, 0.3) is 11.4 Å². The number of hydrogen-bond acceptors (Lipinski definition) is 2. The number of nitrogens with zero attached hydrogens (tertiary/aromatic N) is 2. The van der Waals surface area contributed by atoms with E-state index >= 15 is 0 Å². The molecule has 1 aromatic carbocycles. The van der Waals surface area contributed by atoms with E-state index in [1.165, 1.54) is 13.1 Å². The van der Waals surface area contributed by atoms with E-state index in [0.717, 1.165) is 16.7 Å². The summed E-state index contributed by atoms with van der Waals surface area (Å²) in [7, 11) is 1.38. The normalized spacial score (nSPS) is 10.6. The molecular formula is C9H7F2N3O. The molecule has 0 saturated carbocycles. The Bertz CT molecular complexity index is 538. The first-order valence-corrected chi connectivity index (χ1v) is 4.17. The molecule has 2 aromatic rings. The van der Waals surface area contributed by atoms with Gasteiger partial charge in [-0.15, -0.1) is 0 Å². The third-order valence-electron chi connectivity index (χ3n) is 2.07. The van der Waals surface area contributed by atoms with E-state index in [0.29, 0.717) is 0 Å². The summed E-state index contributed by atoms with van der Waals surface area (Å²) in [6.45, 7) is 0. The van der Waals surface area contributed by atoms with Crippen molar-refractivity contribution in [3.8, 4) is 11.4 Å². The number of nitrogens with one attached hydrogen (secondary N) is 1. The van der Waals surface area contributed by atoms with Gasteiger partial charge in [0.25, 0.3) is 0 Å². The Balaban J connectivity index is 2.74. The Morgan fingerprint density at radius 2 is 1.93 bits per heavy atom. The molecule has 0 aliphatic heterocycles. The van der Waals surface area contributed by atoms with Gasteiger partial charge < -0.3 is 0 Å². The second kappa shape index (κ2) is 3.30. The molecule has 0 spiro atoms. The van der Waals surface area contributed by atoms with Crippen LogP contribution in [0, 0.1) is 11.6 Å². The summed E-state index contributed by atoms with van der Waals surface area (Å²) >= 11 is 0. The molecule has 0 radical (unpaired) electrons. The summed E-state index contributed by atoms with van der Waals surface area (Å²) in [5.41, 5.74) is -0.828. The highest BCUT2D eigenvalue weighted by Gasteiger charge is 2.16. The average molecular weight is 211 g/mol. The van der Waals surface area contributed by atoms with Crippen LogP contribution in [0.3, 0.4) is 0 Å². The lowest BCUT2D eigenvalue weighted by Gasteiger charge is -2.02. The summed E-state index contributed by atoms with van der Waals surface area (Å²) in [4.78, 5) is 11.0. The van der Waals surface area contributed by atoms with Crippen LogP contribution in [-0.4, -0.2) is 14.8 Å². The maximum absolute atomic E-state index is 13.3. The van der Waals surface area contributed by atoms with E-state index in [1.54, 1.807) is 0 Å². The molecule has 1 aromatic heterocycles. The molecule has 0 bridgehead atoms. The van der Waals surface area contributed by atoms with E-state index in [9.17, 15) is 13.6 Å². The van der Waals surface area contributed by atoms with E-state index < -0.39 is 17.3 Å². The summed E-state index contributed by atoms with van der Waals surface area (Å²) < 4.78 is 27.7. The number of benzene rings is 1. The van der Waals surface area contributed by atoms with E-state index in [2.05, 4.69) is 10.2 Å². The molecule has 0 atom stereocenters. The minimum absolute atomic E-state index is 0.0596. The molecule has 15 heavy (non-hydrogen) atoms. The van der Waals surface area contributed by atoms with Crippen molar-refractivity contribution in [2.75, 3.05) is 0 Å². The zero-order chi connectivity index (χ0) is 11.0. The topological polar surface area (TPSA) is 50.7 Å². The molecule has 2 rings (SSSR count). The number of aromatic nitrogens is 3. The van der Waals surface area contributed by atoms with Crippen LogP contribution >= 0.6 is 0 Å². The lowest BCUT2D eigenvalue weighted by molar-refractivity contribution is 0.585. The zero-order valence-corrected chi connectivity index (χ0v) is 7.79. The van der Waals surface area contributed by atoms with Crippen molar-refractivity contribution >= 4 is 0 Å². The van der Waals surface area contributed by atoms with Gasteiger partial charge in [-0.3, -0.25) is 4.57 Å². The first kappa shape index (κ1) is 9.57. The van der Waals surface area contributed by atoms with Gasteiger partial charge in [0.2, 0.25) is 0 Å².